The molecule has 0 unspecified atom stereocenters. The molecule has 0 N–H and O–H groups in total. The molecular weight excluding hydrogens is 240 g/mol. The van der Waals surface area contributed by atoms with Crippen LogP contribution in [0.3, 0.4) is 0 Å². The van der Waals surface area contributed by atoms with Gasteiger partial charge in [0.2, 0.25) is 0 Å². The Morgan fingerprint density at radius 3 is 2.42 bits per heavy atom. The Morgan fingerprint density at radius 2 is 1.89 bits per heavy atom. The molecule has 0 aromatic heterocycles. The van der Waals surface area contributed by atoms with Crippen molar-refractivity contribution in [3.8, 4) is 5.75 Å². The van der Waals surface area contributed by atoms with Gasteiger partial charge in [-0.3, -0.25) is 4.79 Å². The van der Waals surface area contributed by atoms with Crippen molar-refractivity contribution in [2.75, 3.05) is 45.2 Å². The summed E-state index contributed by atoms with van der Waals surface area (Å²) in [7, 11) is 3.84. The molecule has 106 valence electrons. The largest absolute Gasteiger partial charge is 0.491 e. The molecule has 0 saturated heterocycles. The summed E-state index contributed by atoms with van der Waals surface area (Å²) in [6.45, 7) is 7.76. The van der Waals surface area contributed by atoms with E-state index in [4.69, 9.17) is 4.74 Å². The molecule has 0 fully saturated rings. The molecule has 0 aliphatic rings. The predicted octanol–water partition coefficient (Wildman–Crippen LogP) is 2.29. The third kappa shape index (κ3) is 4.24. The molecule has 0 spiro atoms. The van der Waals surface area contributed by atoms with Crippen LogP contribution in [0.2, 0.25) is 0 Å². The molecule has 0 heterocycles. The Bertz CT molecular complexity index is 401. The average Bonchev–Trinajstić information content (AvgIpc) is 2.43. The third-order valence-electron chi connectivity index (χ3n) is 3.20. The Labute approximate surface area is 116 Å². The molecule has 4 heteroatoms. The summed E-state index contributed by atoms with van der Waals surface area (Å²) in [5.41, 5.74) is 1.50. The normalized spacial score (nSPS) is 10.6. The smallest absolute Gasteiger partial charge is 0.155 e. The standard InChI is InChI=1S/C15H24N2O2/c1-5-17(6-2)10-11-19-15-9-7-8-14(16(3)4)13(15)12-18/h7-9,12H,5-6,10-11H2,1-4H3. The minimum Gasteiger partial charge on any atom is -0.491 e. The lowest BCUT2D eigenvalue weighted by Gasteiger charge is -2.20. The predicted molar refractivity (Wildman–Crippen MR) is 79.4 cm³/mol. The fourth-order valence-corrected chi connectivity index (χ4v) is 1.99. The Kier molecular flexibility index (Phi) is 6.36. The van der Waals surface area contributed by atoms with Crippen LogP contribution in [0, 0.1) is 0 Å². The van der Waals surface area contributed by atoms with Crippen molar-refractivity contribution in [2.24, 2.45) is 0 Å². The van der Waals surface area contributed by atoms with E-state index in [0.29, 0.717) is 17.9 Å². The number of aldehydes is 1. The van der Waals surface area contributed by atoms with Gasteiger partial charge < -0.3 is 14.5 Å². The highest BCUT2D eigenvalue weighted by Crippen LogP contribution is 2.26. The van der Waals surface area contributed by atoms with Crippen molar-refractivity contribution >= 4 is 12.0 Å². The van der Waals surface area contributed by atoms with Crippen LogP contribution in [-0.2, 0) is 0 Å². The number of nitrogens with zero attached hydrogens (tertiary/aromatic N) is 2. The van der Waals surface area contributed by atoms with Crippen LogP contribution in [0.4, 0.5) is 5.69 Å². The first-order valence-corrected chi connectivity index (χ1v) is 6.74. The van der Waals surface area contributed by atoms with Gasteiger partial charge in [0.15, 0.2) is 6.29 Å². The van der Waals surface area contributed by atoms with Crippen LogP contribution in [0.1, 0.15) is 24.2 Å². The van der Waals surface area contributed by atoms with Gasteiger partial charge >= 0.3 is 0 Å². The number of hydrogen-bond acceptors (Lipinski definition) is 4. The van der Waals surface area contributed by atoms with Gasteiger partial charge in [-0.2, -0.15) is 0 Å². The van der Waals surface area contributed by atoms with Crippen LogP contribution in [0.5, 0.6) is 5.75 Å². The highest BCUT2D eigenvalue weighted by Gasteiger charge is 2.10. The topological polar surface area (TPSA) is 32.8 Å². The number of carbonyl (C=O) groups excluding carboxylic acids is 1. The summed E-state index contributed by atoms with van der Waals surface area (Å²) in [5, 5.41) is 0. The van der Waals surface area contributed by atoms with Crippen LogP contribution >= 0.6 is 0 Å². The van der Waals surface area contributed by atoms with Gasteiger partial charge in [0, 0.05) is 20.6 Å². The number of benzene rings is 1. The van der Waals surface area contributed by atoms with E-state index in [-0.39, 0.29) is 0 Å². The molecule has 0 aliphatic heterocycles. The van der Waals surface area contributed by atoms with Crippen LogP contribution in [0.25, 0.3) is 0 Å². The maximum atomic E-state index is 11.2. The zero-order valence-electron chi connectivity index (χ0n) is 12.3. The number of anilines is 1. The summed E-state index contributed by atoms with van der Waals surface area (Å²) in [6.07, 6.45) is 0.863. The molecule has 0 aliphatic carbocycles. The zero-order chi connectivity index (χ0) is 14.3. The first kappa shape index (κ1) is 15.5. The molecule has 1 aromatic rings. The fourth-order valence-electron chi connectivity index (χ4n) is 1.99. The first-order valence-electron chi connectivity index (χ1n) is 6.74. The van der Waals surface area contributed by atoms with Crippen molar-refractivity contribution in [3.63, 3.8) is 0 Å². The monoisotopic (exact) mass is 264 g/mol. The number of carbonyl (C=O) groups is 1. The Morgan fingerprint density at radius 1 is 1.21 bits per heavy atom. The quantitative estimate of drug-likeness (QED) is 0.674. The summed E-state index contributed by atoms with van der Waals surface area (Å²) < 4.78 is 5.75. The molecule has 0 bridgehead atoms. The number of hydrogen-bond donors (Lipinski definition) is 0. The van der Waals surface area contributed by atoms with E-state index in [9.17, 15) is 4.79 Å². The first-order chi connectivity index (χ1) is 9.13. The van der Waals surface area contributed by atoms with Gasteiger partial charge in [0.25, 0.3) is 0 Å². The van der Waals surface area contributed by atoms with E-state index in [0.717, 1.165) is 31.6 Å². The van der Waals surface area contributed by atoms with Crippen molar-refractivity contribution in [1.29, 1.82) is 0 Å². The van der Waals surface area contributed by atoms with E-state index < -0.39 is 0 Å². The summed E-state index contributed by atoms with van der Waals surface area (Å²) in [5.74, 6) is 0.661. The number of ether oxygens (including phenoxy) is 1. The average molecular weight is 264 g/mol. The van der Waals surface area contributed by atoms with Gasteiger partial charge in [-0.1, -0.05) is 19.9 Å². The highest BCUT2D eigenvalue weighted by atomic mass is 16.5. The lowest BCUT2D eigenvalue weighted by atomic mass is 10.1. The summed E-state index contributed by atoms with van der Waals surface area (Å²) in [4.78, 5) is 15.5. The summed E-state index contributed by atoms with van der Waals surface area (Å²) in [6, 6.07) is 5.68. The molecule has 0 atom stereocenters. The number of likely N-dealkylation sites (N-methyl/N-ethyl adjacent to an activating group) is 1. The molecule has 0 radical (unpaired) electrons. The second-order valence-corrected chi connectivity index (χ2v) is 4.58. The number of rotatable bonds is 8. The lowest BCUT2D eigenvalue weighted by Crippen LogP contribution is -2.28. The van der Waals surface area contributed by atoms with E-state index >= 15 is 0 Å². The fraction of sp³-hybridized carbons (Fsp3) is 0.533. The van der Waals surface area contributed by atoms with E-state index in [2.05, 4.69) is 18.7 Å². The molecular formula is C15H24N2O2. The van der Waals surface area contributed by atoms with Gasteiger partial charge in [0.05, 0.1) is 11.3 Å². The van der Waals surface area contributed by atoms with E-state index in [1.807, 2.05) is 37.2 Å². The second-order valence-electron chi connectivity index (χ2n) is 4.58. The van der Waals surface area contributed by atoms with Gasteiger partial charge in [0.1, 0.15) is 12.4 Å². The highest BCUT2D eigenvalue weighted by molar-refractivity contribution is 5.88. The van der Waals surface area contributed by atoms with Crippen molar-refractivity contribution in [2.45, 2.75) is 13.8 Å². The SMILES string of the molecule is CCN(CC)CCOc1cccc(N(C)C)c1C=O. The van der Waals surface area contributed by atoms with E-state index in [1.54, 1.807) is 0 Å². The zero-order valence-corrected chi connectivity index (χ0v) is 12.3. The van der Waals surface area contributed by atoms with Crippen molar-refractivity contribution < 1.29 is 9.53 Å². The maximum Gasteiger partial charge on any atom is 0.155 e. The van der Waals surface area contributed by atoms with Crippen LogP contribution in [-0.4, -0.2) is 51.5 Å². The molecule has 19 heavy (non-hydrogen) atoms. The van der Waals surface area contributed by atoms with Gasteiger partial charge in [-0.15, -0.1) is 0 Å². The third-order valence-corrected chi connectivity index (χ3v) is 3.20. The molecule has 0 saturated carbocycles. The maximum absolute atomic E-state index is 11.2. The lowest BCUT2D eigenvalue weighted by molar-refractivity contribution is 0.111. The summed E-state index contributed by atoms with van der Waals surface area (Å²) >= 11 is 0. The van der Waals surface area contributed by atoms with Crippen LogP contribution in [0.15, 0.2) is 18.2 Å². The molecule has 1 rings (SSSR count). The van der Waals surface area contributed by atoms with E-state index in [1.165, 1.54) is 0 Å². The van der Waals surface area contributed by atoms with Gasteiger partial charge in [-0.05, 0) is 25.2 Å². The second kappa shape index (κ2) is 7.79. The molecule has 4 nitrogen and oxygen atoms in total. The minimum absolute atomic E-state index is 0.597. The molecule has 1 aromatic carbocycles. The Hall–Kier alpha value is -1.55. The van der Waals surface area contributed by atoms with Crippen molar-refractivity contribution in [3.05, 3.63) is 23.8 Å². The molecule has 0 amide bonds. The van der Waals surface area contributed by atoms with Crippen molar-refractivity contribution in [1.82, 2.24) is 4.90 Å². The minimum atomic E-state index is 0.597. The Balaban J connectivity index is 2.73. The van der Waals surface area contributed by atoms with Crippen LogP contribution < -0.4 is 9.64 Å². The van der Waals surface area contributed by atoms with Gasteiger partial charge in [-0.25, -0.2) is 0 Å².